The smallest absolute Gasteiger partial charge is 0.0813 e. The number of nitrogens with two attached hydrogens (primary N) is 1. The van der Waals surface area contributed by atoms with Gasteiger partial charge in [-0.2, -0.15) is 0 Å². The van der Waals surface area contributed by atoms with Gasteiger partial charge in [-0.15, -0.1) is 11.3 Å². The maximum absolute atomic E-state index is 7.84. The third-order valence-electron chi connectivity index (χ3n) is 3.11. The Morgan fingerprint density at radius 2 is 1.89 bits per heavy atom. The topological polar surface area (TPSA) is 62.8 Å². The van der Waals surface area contributed by atoms with Crippen molar-refractivity contribution in [2.24, 2.45) is 0 Å². The summed E-state index contributed by atoms with van der Waals surface area (Å²) in [4.78, 5) is 5.68. The highest BCUT2D eigenvalue weighted by molar-refractivity contribution is 7.21. The molecule has 3 N–H and O–H groups in total. The lowest BCUT2D eigenvalue weighted by molar-refractivity contribution is 1.20. The molecule has 0 unspecified atom stereocenters. The van der Waals surface area contributed by atoms with E-state index in [2.05, 4.69) is 4.98 Å². The summed E-state index contributed by atoms with van der Waals surface area (Å²) in [5.41, 5.74) is 10.6. The first kappa shape index (κ1) is 11.2. The van der Waals surface area contributed by atoms with Crippen LogP contribution in [0.5, 0.6) is 0 Å². The van der Waals surface area contributed by atoms with Gasteiger partial charge in [0, 0.05) is 5.69 Å². The zero-order valence-electron chi connectivity index (χ0n) is 10.2. The number of aromatic nitrogens is 1. The summed E-state index contributed by atoms with van der Waals surface area (Å²) in [6.07, 6.45) is 0. The van der Waals surface area contributed by atoms with E-state index >= 15 is 0 Å². The zero-order chi connectivity index (χ0) is 12.9. The average Bonchev–Trinajstić information content (AvgIpc) is 2.31. The van der Waals surface area contributed by atoms with Gasteiger partial charge in [0.2, 0.25) is 0 Å². The third kappa shape index (κ3) is 1.66. The van der Waals surface area contributed by atoms with Crippen molar-refractivity contribution in [2.75, 3.05) is 5.73 Å². The molecule has 1 aromatic rings. The summed E-state index contributed by atoms with van der Waals surface area (Å²) in [5.74, 6) is 0. The van der Waals surface area contributed by atoms with Gasteiger partial charge in [0.1, 0.15) is 0 Å². The highest BCUT2D eigenvalue weighted by Crippen LogP contribution is 2.32. The molecule has 0 radical (unpaired) electrons. The van der Waals surface area contributed by atoms with Gasteiger partial charge in [0.05, 0.1) is 26.1 Å². The first-order valence-corrected chi connectivity index (χ1v) is 6.52. The van der Waals surface area contributed by atoms with Gasteiger partial charge in [-0.3, -0.25) is 0 Å². The first-order chi connectivity index (χ1) is 8.54. The van der Waals surface area contributed by atoms with Crippen LogP contribution in [-0.4, -0.2) is 4.98 Å². The van der Waals surface area contributed by atoms with Crippen LogP contribution >= 0.6 is 11.3 Å². The molecule has 0 bridgehead atoms. The van der Waals surface area contributed by atoms with Crippen molar-refractivity contribution >= 4 is 27.2 Å². The highest BCUT2D eigenvalue weighted by Gasteiger charge is 2.09. The molecule has 0 saturated carbocycles. The van der Waals surface area contributed by atoms with E-state index in [0.717, 1.165) is 37.6 Å². The Kier molecular flexibility index (Phi) is 2.35. The van der Waals surface area contributed by atoms with Crippen molar-refractivity contribution in [1.82, 2.24) is 4.98 Å². The number of aryl methyl sites for hydroxylation is 2. The van der Waals surface area contributed by atoms with Crippen LogP contribution < -0.4 is 11.1 Å². The Bertz CT molecular complexity index is 789. The fourth-order valence-corrected chi connectivity index (χ4v) is 2.97. The van der Waals surface area contributed by atoms with Crippen LogP contribution in [0, 0.1) is 19.3 Å². The molecular formula is C14H13N3S. The summed E-state index contributed by atoms with van der Waals surface area (Å²) < 4.78 is 1.06. The third-order valence-corrected chi connectivity index (χ3v) is 4.21. The van der Waals surface area contributed by atoms with E-state index in [1.807, 2.05) is 38.1 Å². The van der Waals surface area contributed by atoms with E-state index in [4.69, 9.17) is 11.1 Å². The van der Waals surface area contributed by atoms with Crippen molar-refractivity contribution in [1.29, 1.82) is 5.41 Å². The molecule has 3 rings (SSSR count). The van der Waals surface area contributed by atoms with Gasteiger partial charge in [-0.25, -0.2) is 4.98 Å². The Morgan fingerprint density at radius 3 is 2.67 bits per heavy atom. The van der Waals surface area contributed by atoms with E-state index in [1.54, 1.807) is 11.3 Å². The number of nitrogens with zero attached hydrogens (tertiary/aromatic N) is 1. The maximum atomic E-state index is 7.84. The van der Waals surface area contributed by atoms with Crippen molar-refractivity contribution in [3.05, 3.63) is 40.7 Å². The van der Waals surface area contributed by atoms with Crippen LogP contribution in [0.1, 0.15) is 11.1 Å². The van der Waals surface area contributed by atoms with Gasteiger partial charge >= 0.3 is 0 Å². The molecule has 2 aliphatic rings. The van der Waals surface area contributed by atoms with Gasteiger partial charge in [0.15, 0.2) is 0 Å². The Balaban J connectivity index is 2.45. The minimum Gasteiger partial charge on any atom is -0.398 e. The van der Waals surface area contributed by atoms with E-state index < -0.39 is 0 Å². The van der Waals surface area contributed by atoms with Crippen molar-refractivity contribution in [2.45, 2.75) is 13.8 Å². The average molecular weight is 255 g/mol. The molecule has 0 aromatic heterocycles. The van der Waals surface area contributed by atoms with Crippen LogP contribution in [0.2, 0.25) is 0 Å². The molecule has 1 aliphatic heterocycles. The SMILES string of the molecule is Cc1cc2nc3cc(C)c(=N)cc-3sc2cc1N. The quantitative estimate of drug-likeness (QED) is 0.479. The normalized spacial score (nSPS) is 11.2. The molecule has 3 nitrogen and oxygen atoms in total. The summed E-state index contributed by atoms with van der Waals surface area (Å²) >= 11 is 1.63. The second kappa shape index (κ2) is 3.78. The minimum absolute atomic E-state index is 0.556. The van der Waals surface area contributed by atoms with Gasteiger partial charge < -0.3 is 11.1 Å². The number of hydrogen-bond acceptors (Lipinski definition) is 4. The predicted molar refractivity (Wildman–Crippen MR) is 76.0 cm³/mol. The number of anilines is 1. The fraction of sp³-hybridized carbons (Fsp3) is 0.143. The number of nitrogen functional groups attached to an aromatic ring is 1. The van der Waals surface area contributed by atoms with Gasteiger partial charge in [-0.1, -0.05) is 0 Å². The molecule has 4 heteroatoms. The van der Waals surface area contributed by atoms with Gasteiger partial charge in [0.25, 0.3) is 0 Å². The molecule has 0 atom stereocenters. The lowest BCUT2D eigenvalue weighted by Gasteiger charge is -2.09. The van der Waals surface area contributed by atoms with Crippen molar-refractivity contribution < 1.29 is 0 Å². The summed E-state index contributed by atoms with van der Waals surface area (Å²) in [7, 11) is 0. The molecule has 0 spiro atoms. The molecule has 18 heavy (non-hydrogen) atoms. The lowest BCUT2D eigenvalue weighted by atomic mass is 10.1. The van der Waals surface area contributed by atoms with E-state index in [9.17, 15) is 0 Å². The number of hydrogen-bond donors (Lipinski definition) is 2. The molecule has 90 valence electrons. The highest BCUT2D eigenvalue weighted by atomic mass is 32.1. The monoisotopic (exact) mass is 255 g/mol. The number of benzene rings is 2. The molecule has 0 saturated heterocycles. The summed E-state index contributed by atoms with van der Waals surface area (Å²) in [6.45, 7) is 3.93. The Hall–Kier alpha value is -1.94. The van der Waals surface area contributed by atoms with Crippen LogP contribution in [0.15, 0.2) is 24.3 Å². The molecule has 0 amide bonds. The maximum Gasteiger partial charge on any atom is 0.0813 e. The largest absolute Gasteiger partial charge is 0.398 e. The molecule has 0 fully saturated rings. The number of nitrogens with one attached hydrogen (secondary N) is 1. The van der Waals surface area contributed by atoms with Crippen molar-refractivity contribution in [3.63, 3.8) is 0 Å². The second-order valence-electron chi connectivity index (χ2n) is 4.53. The fourth-order valence-electron chi connectivity index (χ4n) is 1.95. The summed E-state index contributed by atoms with van der Waals surface area (Å²) in [5, 5.41) is 8.40. The first-order valence-electron chi connectivity index (χ1n) is 5.70. The standard InChI is InChI=1S/C14H13N3S/c1-7-3-11-13(5-9(7)15)18-14-6-10(16)8(2)4-12(14)17-11/h3-6,15H,16H2,1-2H3. The molecule has 1 aliphatic carbocycles. The van der Waals surface area contributed by atoms with Crippen molar-refractivity contribution in [3.8, 4) is 10.6 Å². The zero-order valence-corrected chi connectivity index (χ0v) is 11.1. The minimum atomic E-state index is 0.556. The van der Waals surface area contributed by atoms with E-state index in [-0.39, 0.29) is 0 Å². The number of fused-ring (bicyclic) bond motifs is 2. The van der Waals surface area contributed by atoms with Crippen LogP contribution in [0.4, 0.5) is 5.69 Å². The molecular weight excluding hydrogens is 242 g/mol. The van der Waals surface area contributed by atoms with E-state index in [0.29, 0.717) is 5.36 Å². The van der Waals surface area contributed by atoms with Crippen LogP contribution in [0.3, 0.4) is 0 Å². The number of rotatable bonds is 0. The van der Waals surface area contributed by atoms with Crippen LogP contribution in [0.25, 0.3) is 20.8 Å². The van der Waals surface area contributed by atoms with E-state index in [1.165, 1.54) is 0 Å². The summed E-state index contributed by atoms with van der Waals surface area (Å²) in [6, 6.07) is 7.83. The second-order valence-corrected chi connectivity index (χ2v) is 5.61. The lowest BCUT2D eigenvalue weighted by Crippen LogP contribution is -2.05. The van der Waals surface area contributed by atoms with Gasteiger partial charge in [-0.05, 0) is 49.2 Å². The Morgan fingerprint density at radius 1 is 1.11 bits per heavy atom. The molecule has 1 heterocycles. The Labute approximate surface area is 109 Å². The molecule has 1 aromatic carbocycles. The predicted octanol–water partition coefficient (Wildman–Crippen LogP) is 3.08. The van der Waals surface area contributed by atoms with Crippen LogP contribution in [-0.2, 0) is 0 Å².